The highest BCUT2D eigenvalue weighted by Crippen LogP contribution is 2.44. The molecule has 97 heavy (non-hydrogen) atoms. The minimum atomic E-state index is -1.33. The molecular weight excluding hydrogens is 1360 g/mol. The second-order valence-corrected chi connectivity index (χ2v) is 28.9. The Kier molecular flexibility index (Phi) is 20.6. The number of fused-ring (bicyclic) bond motifs is 16. The van der Waals surface area contributed by atoms with Crippen LogP contribution in [0.5, 0.6) is 5.75 Å². The summed E-state index contributed by atoms with van der Waals surface area (Å²) in [5, 5.41) is 32.0. The highest BCUT2D eigenvalue weighted by molar-refractivity contribution is 7.15. The number of nitrogens with zero attached hydrogens (tertiary/aromatic N) is 10. The third-order valence-corrected chi connectivity index (χ3v) is 22.0. The number of piperazine rings is 1. The Morgan fingerprint density at radius 2 is 1.35 bits per heavy atom. The third kappa shape index (κ3) is 15.6. The predicted molar refractivity (Wildman–Crippen MR) is 365 cm³/mol. The lowest BCUT2D eigenvalue weighted by molar-refractivity contribution is -0.148. The number of nitrogens with two attached hydrogens (primary N) is 2. The number of amides is 7. The van der Waals surface area contributed by atoms with Crippen molar-refractivity contribution in [2.75, 3.05) is 52.9 Å². The Bertz CT molecular complexity index is 4430. The Balaban J connectivity index is 0.954. The van der Waals surface area contributed by atoms with E-state index < -0.39 is 96.2 Å². The second kappa shape index (κ2) is 29.6. The molecule has 0 saturated carbocycles. The van der Waals surface area contributed by atoms with Gasteiger partial charge in [0.25, 0.3) is 23.6 Å². The number of carbonyl (C=O) groups is 8. The predicted octanol–water partition coefficient (Wildman–Crippen LogP) is 7.33. The number of benzene rings is 2. The molecule has 502 valence electrons. The van der Waals surface area contributed by atoms with Gasteiger partial charge in [-0.25, -0.2) is 39.7 Å². The van der Waals surface area contributed by atoms with E-state index in [-0.39, 0.29) is 58.1 Å². The van der Waals surface area contributed by atoms with Gasteiger partial charge in [-0.3, -0.25) is 33.6 Å². The molecule has 7 atom stereocenters. The molecule has 7 aromatic heterocycles. The molecule has 3 aliphatic rings. The lowest BCUT2D eigenvalue weighted by atomic mass is 10.00. The molecule has 0 spiro atoms. The number of aromatic nitrogens is 7. The fourth-order valence-corrected chi connectivity index (χ4v) is 16.8. The van der Waals surface area contributed by atoms with Crippen molar-refractivity contribution in [3.05, 3.63) is 147 Å². The quantitative estimate of drug-likeness (QED) is 0.0414. The number of hydrogen-bond acceptors (Lipinski definition) is 26. The van der Waals surface area contributed by atoms with Crippen LogP contribution in [0.1, 0.15) is 124 Å². The van der Waals surface area contributed by atoms with Crippen molar-refractivity contribution >= 4 is 116 Å². The van der Waals surface area contributed by atoms with Gasteiger partial charge in [-0.15, -0.1) is 68.0 Å². The number of aryl methyl sites for hydroxylation is 1. The minimum absolute atomic E-state index is 0.0247. The van der Waals surface area contributed by atoms with E-state index in [0.29, 0.717) is 70.8 Å². The van der Waals surface area contributed by atoms with E-state index in [2.05, 4.69) is 43.1 Å². The van der Waals surface area contributed by atoms with E-state index in [9.17, 15) is 33.9 Å². The van der Waals surface area contributed by atoms with E-state index in [1.807, 2.05) is 6.92 Å². The van der Waals surface area contributed by atoms with Gasteiger partial charge in [0.15, 0.2) is 6.10 Å². The summed E-state index contributed by atoms with van der Waals surface area (Å²) in [6.07, 6.45) is -2.79. The molecule has 7 amide bonds. The number of rotatable bonds is 14. The first-order valence-electron chi connectivity index (χ1n) is 30.6. The number of ether oxygens (including phenoxy) is 2. The molecule has 9 N–H and O–H groups in total. The summed E-state index contributed by atoms with van der Waals surface area (Å²) in [7, 11) is 2.08. The zero-order valence-corrected chi connectivity index (χ0v) is 57.4. The zero-order valence-electron chi connectivity index (χ0n) is 52.5. The molecule has 27 nitrogen and oxygen atoms in total. The summed E-state index contributed by atoms with van der Waals surface area (Å²) >= 11 is 6.82. The normalized spacial score (nSPS) is 19.8. The number of hydrogen-bond donors (Lipinski definition) is 7. The summed E-state index contributed by atoms with van der Waals surface area (Å²) in [4.78, 5) is 152. The number of pyridine rings is 1. The number of nitrogens with one attached hydrogen (secondary N) is 4. The van der Waals surface area contributed by atoms with Gasteiger partial charge in [-0.2, -0.15) is 0 Å². The summed E-state index contributed by atoms with van der Waals surface area (Å²) in [5.74, 6) is -5.46. The molecule has 2 aromatic carbocycles. The van der Waals surface area contributed by atoms with Crippen molar-refractivity contribution in [2.45, 2.75) is 76.4 Å². The fourth-order valence-electron chi connectivity index (χ4n) is 11.5. The van der Waals surface area contributed by atoms with Gasteiger partial charge in [-0.05, 0) is 62.3 Å². The topological polar surface area (TPSA) is 375 Å². The van der Waals surface area contributed by atoms with Crippen LogP contribution in [0.25, 0.3) is 43.4 Å². The summed E-state index contributed by atoms with van der Waals surface area (Å²) in [6.45, 7) is 9.35. The van der Waals surface area contributed by atoms with Crippen LogP contribution in [0.2, 0.25) is 0 Å². The molecule has 2 saturated heterocycles. The van der Waals surface area contributed by atoms with Crippen LogP contribution in [-0.4, -0.2) is 167 Å². The van der Waals surface area contributed by atoms with Crippen molar-refractivity contribution in [2.24, 2.45) is 17.4 Å². The lowest BCUT2D eigenvalue weighted by Gasteiger charge is -2.32. The van der Waals surface area contributed by atoms with Gasteiger partial charge in [0, 0.05) is 89.3 Å². The molecular formula is C64H64N16O11S6. The Morgan fingerprint density at radius 1 is 0.691 bits per heavy atom. The molecule has 3 aliphatic heterocycles. The van der Waals surface area contributed by atoms with Crippen molar-refractivity contribution in [3.8, 4) is 49.1 Å². The molecule has 12 rings (SSSR count). The van der Waals surface area contributed by atoms with Crippen LogP contribution in [-0.2, 0) is 30.3 Å². The third-order valence-electron chi connectivity index (χ3n) is 16.5. The molecule has 10 bridgehead atoms. The number of phenols is 1. The maximum absolute atomic E-state index is 15.6. The largest absolute Gasteiger partial charge is 0.508 e. The molecule has 2 fully saturated rings. The fraction of sp³-hybridized carbons (Fsp3) is 0.328. The van der Waals surface area contributed by atoms with Crippen LogP contribution in [0.15, 0.2) is 93.6 Å². The standard InChI is InChI=1S/C64H64N16O11S6/c1-31-46(90-33(3)81)25-80-51(31)62-75-45(30-96-62)59-71-41(26-93-59)49-37(15-16-38(68-49)58-72-42(27-94-58)53(66)84)57-73-43(28-92-57)54(85)69-39(24-47(65)83)60-77-48(32(2)97-60)56(87)76-50(61-74-44(29-95-61)55(86)70-40(63(80)88)23-34-11-13-36(82)14-12-34)52(35-9-6-5-7-10-35)91-64(89)67-17-8-18-79-21-19-78(4)20-22-79/h5-7,9-16,26-31,39-40,46,50-52,82H,8,17-25H2,1-4H3,(H2,65,83)(H2,66,84)(H,67,89)(H,69,85)(H,70,86)(H,76,87)/t31-,39-,40-,46-,50-,51-,52+/m0/s1. The highest BCUT2D eigenvalue weighted by atomic mass is 32.1. The molecule has 0 aliphatic carbocycles. The van der Waals surface area contributed by atoms with Crippen molar-refractivity contribution in [1.82, 2.24) is 70.9 Å². The van der Waals surface area contributed by atoms with E-state index in [0.717, 1.165) is 78.1 Å². The van der Waals surface area contributed by atoms with Gasteiger partial charge in [-0.1, -0.05) is 49.4 Å². The molecule has 0 unspecified atom stereocenters. The van der Waals surface area contributed by atoms with Crippen LogP contribution >= 0.6 is 68.0 Å². The van der Waals surface area contributed by atoms with Gasteiger partial charge in [0.1, 0.15) is 93.8 Å². The van der Waals surface area contributed by atoms with Gasteiger partial charge < -0.3 is 62.0 Å². The molecule has 0 radical (unpaired) electrons. The second-order valence-electron chi connectivity index (χ2n) is 23.3. The first-order chi connectivity index (χ1) is 46.7. The number of primary amides is 2. The van der Waals surface area contributed by atoms with Crippen molar-refractivity contribution in [1.29, 1.82) is 0 Å². The number of thiazole rings is 6. The van der Waals surface area contributed by atoms with Crippen molar-refractivity contribution < 1.29 is 52.9 Å². The number of alkyl carbamates (subject to hydrolysis) is 1. The summed E-state index contributed by atoms with van der Waals surface area (Å²) in [6, 6.07) is 13.7. The smallest absolute Gasteiger partial charge is 0.407 e. The summed E-state index contributed by atoms with van der Waals surface area (Å²) in [5.41, 5.74) is 14.1. The van der Waals surface area contributed by atoms with Gasteiger partial charge in [0.05, 0.1) is 30.7 Å². The van der Waals surface area contributed by atoms with Crippen molar-refractivity contribution in [3.63, 3.8) is 0 Å². The van der Waals surface area contributed by atoms with Crippen LogP contribution in [0.3, 0.4) is 0 Å². The van der Waals surface area contributed by atoms with E-state index >= 15 is 9.59 Å². The Labute approximate surface area is 578 Å². The number of phenolic OH excluding ortho intramolecular Hbond substituents is 1. The van der Waals surface area contributed by atoms with Crippen LogP contribution in [0, 0.1) is 12.8 Å². The SMILES string of the molecule is CC(=O)O[C@H]1CN2C(=O)[C@H](Cc3ccc(O)cc3)NC(=O)c3csc(n3)[C@H]([C@H](OC(=O)NCCCN3CCN(C)CC3)c3ccccc3)NC(=O)c3nc(sc3C)[C@H](CC(N)=O)NC(=O)c3csc(n3)-c3ccc(-c4nc(C(N)=O)cs4)nc3-c3csc(n3)-c3csc(n3)[C@@H]2[C@H]1C. The van der Waals surface area contributed by atoms with Crippen LogP contribution < -0.4 is 32.7 Å². The van der Waals surface area contributed by atoms with Gasteiger partial charge >= 0.3 is 12.1 Å². The maximum atomic E-state index is 15.6. The first-order valence-corrected chi connectivity index (χ1v) is 35.9. The van der Waals surface area contributed by atoms with E-state index in [4.69, 9.17) is 50.8 Å². The lowest BCUT2D eigenvalue weighted by Crippen LogP contribution is -2.50. The van der Waals surface area contributed by atoms with E-state index in [1.54, 1.807) is 77.2 Å². The molecule has 33 heteroatoms. The molecule has 10 heterocycles. The highest BCUT2D eigenvalue weighted by Gasteiger charge is 2.48. The number of esters is 1. The summed E-state index contributed by atoms with van der Waals surface area (Å²) < 4.78 is 12.2. The number of carbonyl (C=O) groups excluding carboxylic acids is 8. The molecule has 9 aromatic rings. The Morgan fingerprint density at radius 3 is 2.08 bits per heavy atom. The minimum Gasteiger partial charge on any atom is -0.508 e. The first kappa shape index (κ1) is 67.6. The van der Waals surface area contributed by atoms with Crippen LogP contribution in [0.4, 0.5) is 4.79 Å². The average Bonchev–Trinajstić information content (AvgIpc) is 1.67. The monoisotopic (exact) mass is 1420 g/mol. The number of likely N-dealkylation sites (N-methyl/N-ethyl adjacent to an activating group) is 1. The van der Waals surface area contributed by atoms with E-state index in [1.165, 1.54) is 57.9 Å². The Hall–Kier alpha value is -9.35. The average molecular weight is 1430 g/mol. The number of aromatic hydroxyl groups is 1. The maximum Gasteiger partial charge on any atom is 0.407 e. The zero-order chi connectivity index (χ0) is 68.2. The van der Waals surface area contributed by atoms with Gasteiger partial charge in [0.2, 0.25) is 11.8 Å².